The average molecular weight is 382 g/mol. The van der Waals surface area contributed by atoms with Crippen molar-refractivity contribution in [2.24, 2.45) is 10.8 Å². The second-order valence-corrected chi connectivity index (χ2v) is 6.28. The number of rotatable bonds is 5. The fourth-order valence-corrected chi connectivity index (χ4v) is 2.68. The van der Waals surface area contributed by atoms with Crippen LogP contribution in [0.25, 0.3) is 0 Å². The summed E-state index contributed by atoms with van der Waals surface area (Å²) in [7, 11) is 0. The minimum atomic E-state index is -0.718. The Morgan fingerprint density at radius 1 is 0.963 bits per heavy atom. The van der Waals surface area contributed by atoms with Crippen LogP contribution in [-0.2, 0) is 6.42 Å². The van der Waals surface area contributed by atoms with Crippen LogP contribution in [-0.4, -0.2) is 11.7 Å². The predicted octanol–water partition coefficient (Wildman–Crippen LogP) is 5.01. The number of carbonyl (C=O) groups is 1. The van der Waals surface area contributed by atoms with Crippen molar-refractivity contribution >= 4 is 29.0 Å². The van der Waals surface area contributed by atoms with E-state index in [9.17, 15) is 9.18 Å². The molecular formula is C21H17ClFN3O. The summed E-state index contributed by atoms with van der Waals surface area (Å²) in [6.07, 6.45) is 0.404. The number of benzene rings is 3. The highest BCUT2D eigenvalue weighted by Crippen LogP contribution is 2.20. The number of urea groups is 1. The van der Waals surface area contributed by atoms with Gasteiger partial charge in [0.1, 0.15) is 5.82 Å². The zero-order chi connectivity index (χ0) is 19.2. The van der Waals surface area contributed by atoms with Crippen LogP contribution in [0.3, 0.4) is 0 Å². The minimum Gasteiger partial charge on any atom is -0.350 e. The van der Waals surface area contributed by atoms with E-state index in [1.54, 1.807) is 36.4 Å². The number of nitrogens with zero attached hydrogens (tertiary/aromatic N) is 2. The van der Waals surface area contributed by atoms with Crippen molar-refractivity contribution in [3.05, 3.63) is 101 Å². The lowest BCUT2D eigenvalue weighted by atomic mass is 10.0. The number of hydrazone groups is 1. The van der Waals surface area contributed by atoms with Crippen LogP contribution in [0.4, 0.5) is 14.9 Å². The maximum Gasteiger partial charge on any atom is 0.340 e. The minimum absolute atomic E-state index is 0.308. The van der Waals surface area contributed by atoms with Gasteiger partial charge >= 0.3 is 6.03 Å². The molecule has 136 valence electrons. The summed E-state index contributed by atoms with van der Waals surface area (Å²) in [6, 6.07) is 21.5. The smallest absolute Gasteiger partial charge is 0.340 e. The quantitative estimate of drug-likeness (QED) is 0.490. The maximum atomic E-state index is 13.2. The van der Waals surface area contributed by atoms with E-state index in [4.69, 9.17) is 17.3 Å². The molecule has 4 nitrogen and oxygen atoms in total. The molecule has 0 aliphatic heterocycles. The predicted molar refractivity (Wildman–Crippen MR) is 107 cm³/mol. The molecule has 0 aromatic heterocycles. The molecule has 0 unspecified atom stereocenters. The number of hydrogen-bond donors (Lipinski definition) is 1. The highest BCUT2D eigenvalue weighted by molar-refractivity contribution is 6.30. The summed E-state index contributed by atoms with van der Waals surface area (Å²) in [6.45, 7) is 0. The second kappa shape index (κ2) is 8.47. The lowest BCUT2D eigenvalue weighted by Gasteiger charge is -2.17. The average Bonchev–Trinajstić information content (AvgIpc) is 2.68. The van der Waals surface area contributed by atoms with Crippen molar-refractivity contribution in [3.63, 3.8) is 0 Å². The summed E-state index contributed by atoms with van der Waals surface area (Å²) in [5.41, 5.74) is 8.36. The molecule has 3 rings (SSSR count). The van der Waals surface area contributed by atoms with Crippen molar-refractivity contribution in [3.8, 4) is 0 Å². The first-order valence-corrected chi connectivity index (χ1v) is 8.63. The Kier molecular flexibility index (Phi) is 5.84. The molecular weight excluding hydrogens is 365 g/mol. The molecule has 2 N–H and O–H groups in total. The van der Waals surface area contributed by atoms with E-state index in [0.29, 0.717) is 22.8 Å². The number of hydrogen-bond acceptors (Lipinski definition) is 2. The van der Waals surface area contributed by atoms with Gasteiger partial charge in [0.2, 0.25) is 0 Å². The monoisotopic (exact) mass is 381 g/mol. The molecule has 0 radical (unpaired) electrons. The highest BCUT2D eigenvalue weighted by atomic mass is 35.5. The van der Waals surface area contributed by atoms with Crippen LogP contribution in [0.2, 0.25) is 5.02 Å². The molecule has 0 heterocycles. The van der Waals surface area contributed by atoms with Crippen molar-refractivity contribution < 1.29 is 9.18 Å². The Morgan fingerprint density at radius 2 is 1.59 bits per heavy atom. The zero-order valence-corrected chi connectivity index (χ0v) is 15.1. The zero-order valence-electron chi connectivity index (χ0n) is 14.3. The van der Waals surface area contributed by atoms with Crippen LogP contribution < -0.4 is 10.7 Å². The summed E-state index contributed by atoms with van der Waals surface area (Å²) in [5.74, 6) is -0.308. The number of anilines is 1. The van der Waals surface area contributed by atoms with E-state index in [1.807, 2.05) is 30.3 Å². The molecule has 3 aromatic carbocycles. The van der Waals surface area contributed by atoms with Crippen LogP contribution >= 0.6 is 11.6 Å². The van der Waals surface area contributed by atoms with E-state index in [2.05, 4.69) is 5.10 Å². The maximum absolute atomic E-state index is 13.2. The number of nitrogens with two attached hydrogens (primary N) is 1. The fraction of sp³-hybridized carbons (Fsp3) is 0.0476. The van der Waals surface area contributed by atoms with Crippen molar-refractivity contribution in [1.29, 1.82) is 0 Å². The molecule has 27 heavy (non-hydrogen) atoms. The Morgan fingerprint density at radius 3 is 2.19 bits per heavy atom. The topological polar surface area (TPSA) is 58.7 Å². The van der Waals surface area contributed by atoms with Gasteiger partial charge < -0.3 is 5.73 Å². The molecule has 0 bridgehead atoms. The van der Waals surface area contributed by atoms with Gasteiger partial charge in [-0.3, -0.25) is 0 Å². The second-order valence-electron chi connectivity index (χ2n) is 5.84. The molecule has 0 aliphatic rings. The van der Waals surface area contributed by atoms with Crippen LogP contribution in [0.1, 0.15) is 11.1 Å². The largest absolute Gasteiger partial charge is 0.350 e. The Labute approximate surface area is 161 Å². The molecule has 0 atom stereocenters. The normalized spacial score (nSPS) is 11.3. The fourth-order valence-electron chi connectivity index (χ4n) is 2.56. The Balaban J connectivity index is 2.02. The highest BCUT2D eigenvalue weighted by Gasteiger charge is 2.15. The van der Waals surface area contributed by atoms with E-state index in [1.165, 1.54) is 12.1 Å². The Hall–Kier alpha value is -3.18. The molecule has 0 saturated heterocycles. The van der Waals surface area contributed by atoms with Gasteiger partial charge in [-0.25, -0.2) is 9.18 Å². The summed E-state index contributed by atoms with van der Waals surface area (Å²) >= 11 is 5.92. The molecule has 6 heteroatoms. The van der Waals surface area contributed by atoms with Crippen LogP contribution in [0, 0.1) is 5.82 Å². The summed E-state index contributed by atoms with van der Waals surface area (Å²) < 4.78 is 13.2. The van der Waals surface area contributed by atoms with Crippen LogP contribution in [0.15, 0.2) is 84.0 Å². The van der Waals surface area contributed by atoms with Gasteiger partial charge in [-0.1, -0.05) is 54.1 Å². The van der Waals surface area contributed by atoms with Crippen LogP contribution in [0.5, 0.6) is 0 Å². The third-order valence-corrected chi connectivity index (χ3v) is 4.14. The molecule has 3 aromatic rings. The first-order valence-electron chi connectivity index (χ1n) is 8.25. The lowest BCUT2D eigenvalue weighted by molar-refractivity contribution is 0.254. The van der Waals surface area contributed by atoms with E-state index < -0.39 is 6.03 Å². The van der Waals surface area contributed by atoms with E-state index >= 15 is 0 Å². The van der Waals surface area contributed by atoms with E-state index in [-0.39, 0.29) is 5.82 Å². The Bertz CT molecular complexity index is 941. The molecule has 0 fully saturated rings. The first-order chi connectivity index (χ1) is 13.0. The van der Waals surface area contributed by atoms with Gasteiger partial charge in [-0.05, 0) is 47.5 Å². The van der Waals surface area contributed by atoms with Gasteiger partial charge in [-0.15, -0.1) is 0 Å². The van der Waals surface area contributed by atoms with Gasteiger partial charge in [0.15, 0.2) is 0 Å². The molecule has 2 amide bonds. The van der Waals surface area contributed by atoms with Gasteiger partial charge in [0.05, 0.1) is 11.4 Å². The molecule has 0 spiro atoms. The third-order valence-electron chi connectivity index (χ3n) is 3.89. The molecule has 0 saturated carbocycles. The van der Waals surface area contributed by atoms with Crippen molar-refractivity contribution in [2.75, 3.05) is 5.01 Å². The lowest BCUT2D eigenvalue weighted by Crippen LogP contribution is -2.32. The van der Waals surface area contributed by atoms with Crippen molar-refractivity contribution in [1.82, 2.24) is 0 Å². The van der Waals surface area contributed by atoms with Gasteiger partial charge in [-0.2, -0.15) is 10.1 Å². The number of primary amides is 1. The first kappa shape index (κ1) is 18.6. The van der Waals surface area contributed by atoms with Gasteiger partial charge in [0, 0.05) is 11.4 Å². The SMILES string of the molecule is NC(=O)N(/N=C(\Cc1ccc(F)cc1)c1ccccc1)c1ccc(Cl)cc1. The standard InChI is InChI=1S/C21H17ClFN3O/c22-17-8-12-19(13-9-17)26(21(24)27)25-20(16-4-2-1-3-5-16)14-15-6-10-18(23)11-7-15/h1-13H,14H2,(H2,24,27)/b25-20+. The van der Waals surface area contributed by atoms with E-state index in [0.717, 1.165) is 16.1 Å². The van der Waals surface area contributed by atoms with Crippen molar-refractivity contribution in [2.45, 2.75) is 6.42 Å². The summed E-state index contributed by atoms with van der Waals surface area (Å²) in [5, 5.41) is 6.17. The van der Waals surface area contributed by atoms with Gasteiger partial charge in [0.25, 0.3) is 0 Å². The third kappa shape index (κ3) is 4.92. The number of amides is 2. The molecule has 0 aliphatic carbocycles. The summed E-state index contributed by atoms with van der Waals surface area (Å²) in [4.78, 5) is 12.0. The number of halogens is 2. The number of carbonyl (C=O) groups excluding carboxylic acids is 1.